The Morgan fingerprint density at radius 1 is 1.31 bits per heavy atom. The van der Waals surface area contributed by atoms with Crippen molar-refractivity contribution in [3.8, 4) is 0 Å². The Bertz CT molecular complexity index is 219. The molecule has 0 bridgehead atoms. The van der Waals surface area contributed by atoms with Crippen molar-refractivity contribution in [3.05, 3.63) is 0 Å². The topological polar surface area (TPSA) is 87.7 Å². The highest BCUT2D eigenvalue weighted by molar-refractivity contribution is 5.73. The predicted molar refractivity (Wildman–Crippen MR) is 58.8 cm³/mol. The summed E-state index contributed by atoms with van der Waals surface area (Å²) in [6.45, 7) is 4.33. The van der Waals surface area contributed by atoms with E-state index in [1.165, 1.54) is 0 Å². The van der Waals surface area contributed by atoms with Gasteiger partial charge in [0, 0.05) is 6.54 Å². The molecule has 0 aromatic rings. The van der Waals surface area contributed by atoms with E-state index in [-0.39, 0.29) is 0 Å². The van der Waals surface area contributed by atoms with Gasteiger partial charge in [0.1, 0.15) is 0 Å². The first-order valence-electron chi connectivity index (χ1n) is 5.39. The molecule has 0 saturated carbocycles. The Labute approximate surface area is 95.3 Å². The summed E-state index contributed by atoms with van der Waals surface area (Å²) in [4.78, 5) is 25.4. The van der Waals surface area contributed by atoms with Gasteiger partial charge in [-0.15, -0.1) is 0 Å². The average Bonchev–Trinajstić information content (AvgIpc) is 2.16. The number of carboxylic acids is 1. The lowest BCUT2D eigenvalue weighted by atomic mass is 10.1. The van der Waals surface area contributed by atoms with Gasteiger partial charge in [-0.2, -0.15) is 0 Å². The number of carbonyl (C=O) groups excluding carboxylic acids is 1. The van der Waals surface area contributed by atoms with E-state index >= 15 is 0 Å². The smallest absolute Gasteiger partial charge is 0.338 e. The number of carboxylic acid groups (broad SMARTS) is 1. The highest BCUT2D eigenvalue weighted by Crippen LogP contribution is 2.04. The molecule has 16 heavy (non-hydrogen) atoms. The van der Waals surface area contributed by atoms with Crippen LogP contribution < -0.4 is 10.8 Å². The van der Waals surface area contributed by atoms with E-state index in [1.807, 2.05) is 5.48 Å². The van der Waals surface area contributed by atoms with Gasteiger partial charge >= 0.3 is 12.0 Å². The maximum Gasteiger partial charge on any atom is 0.338 e. The molecule has 0 spiro atoms. The molecular weight excluding hydrogens is 212 g/mol. The molecule has 0 aliphatic carbocycles. The first kappa shape index (κ1) is 14.7. The van der Waals surface area contributed by atoms with Crippen LogP contribution in [0.4, 0.5) is 4.79 Å². The second-order valence-electron chi connectivity index (χ2n) is 3.93. The van der Waals surface area contributed by atoms with Crippen molar-refractivity contribution >= 4 is 12.0 Å². The van der Waals surface area contributed by atoms with E-state index in [0.29, 0.717) is 12.5 Å². The Morgan fingerprint density at radius 3 is 2.56 bits per heavy atom. The predicted octanol–water partition coefficient (Wildman–Crippen LogP) is 1.13. The van der Waals surface area contributed by atoms with Crippen molar-refractivity contribution in [3.63, 3.8) is 0 Å². The van der Waals surface area contributed by atoms with Crippen LogP contribution >= 0.6 is 0 Å². The second kappa shape index (κ2) is 8.96. The molecule has 0 unspecified atom stereocenters. The minimum Gasteiger partial charge on any atom is -0.479 e. The van der Waals surface area contributed by atoms with E-state index in [4.69, 9.17) is 5.11 Å². The third-order valence-electron chi connectivity index (χ3n) is 1.85. The van der Waals surface area contributed by atoms with Crippen LogP contribution in [0.3, 0.4) is 0 Å². The summed E-state index contributed by atoms with van der Waals surface area (Å²) in [5.41, 5.74) is 1.98. The lowest BCUT2D eigenvalue weighted by Gasteiger charge is -2.07. The van der Waals surface area contributed by atoms with Crippen molar-refractivity contribution in [2.45, 2.75) is 33.1 Å². The summed E-state index contributed by atoms with van der Waals surface area (Å²) < 4.78 is 0. The lowest BCUT2D eigenvalue weighted by molar-refractivity contribution is -0.144. The van der Waals surface area contributed by atoms with E-state index in [9.17, 15) is 9.59 Å². The standard InChI is InChI=1S/C10H20N2O4/c1-8(2)5-3-4-6-11-10(15)12-16-7-9(13)14/h8H,3-7H2,1-2H3,(H,13,14)(H2,11,12,15). The fraction of sp³-hybridized carbons (Fsp3) is 0.800. The summed E-state index contributed by atoms with van der Waals surface area (Å²) >= 11 is 0. The number of unbranched alkanes of at least 4 members (excludes halogenated alkanes) is 1. The van der Waals surface area contributed by atoms with Crippen LogP contribution in [0.15, 0.2) is 0 Å². The highest BCUT2D eigenvalue weighted by Gasteiger charge is 2.01. The molecular formula is C10H20N2O4. The van der Waals surface area contributed by atoms with Crippen molar-refractivity contribution in [2.24, 2.45) is 5.92 Å². The Kier molecular flexibility index (Phi) is 8.24. The van der Waals surface area contributed by atoms with Crippen molar-refractivity contribution < 1.29 is 19.5 Å². The van der Waals surface area contributed by atoms with Crippen LogP contribution in [-0.2, 0) is 9.63 Å². The molecule has 0 radical (unpaired) electrons. The Balaban J connectivity index is 3.27. The number of hydroxylamine groups is 1. The van der Waals surface area contributed by atoms with Gasteiger partial charge in [0.05, 0.1) is 0 Å². The SMILES string of the molecule is CC(C)CCCCNC(=O)NOCC(=O)O. The fourth-order valence-electron chi connectivity index (χ4n) is 1.08. The number of hydrogen-bond acceptors (Lipinski definition) is 3. The number of urea groups is 1. The van der Waals surface area contributed by atoms with Crippen LogP contribution in [0.5, 0.6) is 0 Å². The highest BCUT2D eigenvalue weighted by atomic mass is 16.7. The molecule has 0 atom stereocenters. The van der Waals surface area contributed by atoms with Gasteiger partial charge in [-0.05, 0) is 12.3 Å². The van der Waals surface area contributed by atoms with E-state index < -0.39 is 18.6 Å². The molecule has 0 rings (SSSR count). The molecule has 0 saturated heterocycles. The minimum absolute atomic E-state index is 0.509. The molecule has 3 N–H and O–H groups in total. The second-order valence-corrected chi connectivity index (χ2v) is 3.93. The quantitative estimate of drug-likeness (QED) is 0.432. The van der Waals surface area contributed by atoms with Crippen LogP contribution in [0.2, 0.25) is 0 Å². The number of carbonyl (C=O) groups is 2. The third kappa shape index (κ3) is 10.8. The largest absolute Gasteiger partial charge is 0.479 e. The van der Waals surface area contributed by atoms with Crippen LogP contribution in [0.25, 0.3) is 0 Å². The normalized spacial score (nSPS) is 10.2. The van der Waals surface area contributed by atoms with Crippen LogP contribution in [0.1, 0.15) is 33.1 Å². The number of nitrogens with one attached hydrogen (secondary N) is 2. The summed E-state index contributed by atoms with van der Waals surface area (Å²) in [6.07, 6.45) is 3.11. The summed E-state index contributed by atoms with van der Waals surface area (Å²) in [5, 5.41) is 10.8. The van der Waals surface area contributed by atoms with Gasteiger partial charge < -0.3 is 10.4 Å². The van der Waals surface area contributed by atoms with E-state index in [0.717, 1.165) is 19.3 Å². The summed E-state index contributed by atoms with van der Waals surface area (Å²) in [5.74, 6) is -0.454. The molecule has 0 aliphatic rings. The Morgan fingerprint density at radius 2 is 2.00 bits per heavy atom. The van der Waals surface area contributed by atoms with Gasteiger partial charge in [0.25, 0.3) is 0 Å². The van der Waals surface area contributed by atoms with Gasteiger partial charge in [0.15, 0.2) is 6.61 Å². The average molecular weight is 232 g/mol. The molecule has 6 heteroatoms. The van der Waals surface area contributed by atoms with E-state index in [2.05, 4.69) is 24.0 Å². The molecule has 94 valence electrons. The van der Waals surface area contributed by atoms with Gasteiger partial charge in [-0.3, -0.25) is 4.84 Å². The summed E-state index contributed by atoms with van der Waals surface area (Å²) in [7, 11) is 0. The van der Waals surface area contributed by atoms with Crippen molar-refractivity contribution in [2.75, 3.05) is 13.2 Å². The molecule has 2 amide bonds. The van der Waals surface area contributed by atoms with Gasteiger partial charge in [-0.25, -0.2) is 15.1 Å². The van der Waals surface area contributed by atoms with Crippen molar-refractivity contribution in [1.29, 1.82) is 0 Å². The molecule has 0 aromatic heterocycles. The van der Waals surface area contributed by atoms with Gasteiger partial charge in [-0.1, -0.05) is 26.7 Å². The third-order valence-corrected chi connectivity index (χ3v) is 1.85. The lowest BCUT2D eigenvalue weighted by Crippen LogP contribution is -2.37. The summed E-state index contributed by atoms with van der Waals surface area (Å²) in [6, 6.07) is -0.509. The molecule has 0 aliphatic heterocycles. The van der Waals surface area contributed by atoms with Crippen LogP contribution in [-0.4, -0.2) is 30.3 Å². The molecule has 0 fully saturated rings. The molecule has 0 heterocycles. The number of hydrogen-bond donors (Lipinski definition) is 3. The first-order chi connectivity index (χ1) is 7.52. The maximum absolute atomic E-state index is 11.0. The van der Waals surface area contributed by atoms with Crippen LogP contribution in [0, 0.1) is 5.92 Å². The Hall–Kier alpha value is -1.30. The number of amides is 2. The first-order valence-corrected chi connectivity index (χ1v) is 5.39. The number of rotatable bonds is 8. The van der Waals surface area contributed by atoms with Gasteiger partial charge in [0.2, 0.25) is 0 Å². The minimum atomic E-state index is -1.13. The van der Waals surface area contributed by atoms with Crippen molar-refractivity contribution in [1.82, 2.24) is 10.8 Å². The fourth-order valence-corrected chi connectivity index (χ4v) is 1.08. The zero-order chi connectivity index (χ0) is 12.4. The zero-order valence-corrected chi connectivity index (χ0v) is 9.78. The maximum atomic E-state index is 11.0. The van der Waals surface area contributed by atoms with E-state index in [1.54, 1.807) is 0 Å². The monoisotopic (exact) mass is 232 g/mol. The molecule has 6 nitrogen and oxygen atoms in total. The number of aliphatic carboxylic acids is 1. The zero-order valence-electron chi connectivity index (χ0n) is 9.78. The molecule has 0 aromatic carbocycles.